The summed E-state index contributed by atoms with van der Waals surface area (Å²) < 4.78 is 1.18. The number of hydrogen-bond acceptors (Lipinski definition) is 4. The number of carboxylic acid groups (broad SMARTS) is 1. The zero-order valence-corrected chi connectivity index (χ0v) is 9.21. The van der Waals surface area contributed by atoms with Crippen molar-refractivity contribution in [3.8, 4) is 6.07 Å². The number of rotatable bonds is 3. The van der Waals surface area contributed by atoms with Gasteiger partial charge < -0.3 is 5.11 Å². The molecule has 0 atom stereocenters. The molecule has 86 valence electrons. The first-order valence-electron chi connectivity index (χ1n) is 5.18. The van der Waals surface area contributed by atoms with E-state index in [4.69, 9.17) is 10.4 Å². The van der Waals surface area contributed by atoms with Gasteiger partial charge in [-0.2, -0.15) is 10.4 Å². The highest BCUT2D eigenvalue weighted by atomic mass is 16.4. The first-order valence-corrected chi connectivity index (χ1v) is 5.18. The minimum absolute atomic E-state index is 0.0277. The van der Waals surface area contributed by atoms with E-state index in [0.29, 0.717) is 17.8 Å². The molecule has 0 saturated heterocycles. The summed E-state index contributed by atoms with van der Waals surface area (Å²) in [5.41, 5.74) is 1.27. The molecule has 0 fully saturated rings. The second kappa shape index (κ2) is 4.22. The van der Waals surface area contributed by atoms with Crippen LogP contribution in [0.3, 0.4) is 0 Å². The molecule has 0 aliphatic rings. The number of nitrogens with zero attached hydrogens (tertiary/aromatic N) is 4. The number of aryl methyl sites for hydroxylation is 1. The van der Waals surface area contributed by atoms with Crippen molar-refractivity contribution in [1.82, 2.24) is 14.6 Å². The Labute approximate surface area is 97.1 Å². The van der Waals surface area contributed by atoms with Gasteiger partial charge in [0, 0.05) is 5.69 Å². The first kappa shape index (κ1) is 11.1. The molecule has 0 aromatic carbocycles. The molecule has 0 unspecified atom stereocenters. The zero-order chi connectivity index (χ0) is 12.4. The van der Waals surface area contributed by atoms with E-state index in [9.17, 15) is 4.79 Å². The van der Waals surface area contributed by atoms with Crippen LogP contribution in [0, 0.1) is 11.3 Å². The number of carboxylic acids is 1. The van der Waals surface area contributed by atoms with Crippen molar-refractivity contribution in [2.45, 2.75) is 19.8 Å². The van der Waals surface area contributed by atoms with E-state index >= 15 is 0 Å². The van der Waals surface area contributed by atoms with Crippen LogP contribution in [0.25, 0.3) is 5.65 Å². The molecule has 2 heterocycles. The van der Waals surface area contributed by atoms with Gasteiger partial charge in [-0.05, 0) is 12.5 Å². The Morgan fingerprint density at radius 3 is 3.00 bits per heavy atom. The number of aromatic nitrogens is 3. The predicted molar refractivity (Wildman–Crippen MR) is 58.7 cm³/mol. The minimum atomic E-state index is -1.08. The molecule has 0 radical (unpaired) electrons. The van der Waals surface area contributed by atoms with Crippen molar-refractivity contribution in [1.29, 1.82) is 5.26 Å². The van der Waals surface area contributed by atoms with Crippen molar-refractivity contribution in [2.24, 2.45) is 0 Å². The summed E-state index contributed by atoms with van der Waals surface area (Å²) in [6.45, 7) is 1.98. The Balaban J connectivity index is 2.75. The molecule has 6 nitrogen and oxygen atoms in total. The Bertz CT molecular complexity index is 624. The van der Waals surface area contributed by atoms with E-state index in [0.717, 1.165) is 6.42 Å². The average molecular weight is 230 g/mol. The molecule has 17 heavy (non-hydrogen) atoms. The first-order chi connectivity index (χ1) is 8.17. The van der Waals surface area contributed by atoms with Crippen LogP contribution in [-0.4, -0.2) is 25.7 Å². The van der Waals surface area contributed by atoms with Crippen molar-refractivity contribution < 1.29 is 9.90 Å². The van der Waals surface area contributed by atoms with Gasteiger partial charge in [0.1, 0.15) is 11.6 Å². The lowest BCUT2D eigenvalue weighted by atomic mass is 10.2. The molecule has 1 N–H and O–H groups in total. The van der Waals surface area contributed by atoms with E-state index in [-0.39, 0.29) is 11.3 Å². The highest BCUT2D eigenvalue weighted by Crippen LogP contribution is 2.13. The summed E-state index contributed by atoms with van der Waals surface area (Å²) in [6.07, 6.45) is 2.86. The molecular formula is C11H10N4O2. The average Bonchev–Trinajstić information content (AvgIpc) is 2.71. The van der Waals surface area contributed by atoms with Crippen LogP contribution in [0.1, 0.15) is 35.1 Å². The minimum Gasteiger partial charge on any atom is -0.477 e. The summed E-state index contributed by atoms with van der Waals surface area (Å²) >= 11 is 0. The maximum Gasteiger partial charge on any atom is 0.354 e. The third kappa shape index (κ3) is 1.83. The summed E-state index contributed by atoms with van der Waals surface area (Å²) in [5, 5.41) is 21.8. The van der Waals surface area contributed by atoms with Crippen LogP contribution in [0.2, 0.25) is 0 Å². The normalized spacial score (nSPS) is 10.4. The summed E-state index contributed by atoms with van der Waals surface area (Å²) in [7, 11) is 0. The van der Waals surface area contributed by atoms with E-state index in [1.165, 1.54) is 16.8 Å². The van der Waals surface area contributed by atoms with E-state index in [2.05, 4.69) is 10.1 Å². The van der Waals surface area contributed by atoms with Gasteiger partial charge in [0.2, 0.25) is 0 Å². The number of aromatic carboxylic acids is 1. The third-order valence-electron chi connectivity index (χ3n) is 2.37. The van der Waals surface area contributed by atoms with Gasteiger partial charge in [-0.25, -0.2) is 14.3 Å². The van der Waals surface area contributed by atoms with Crippen LogP contribution < -0.4 is 0 Å². The quantitative estimate of drug-likeness (QED) is 0.856. The van der Waals surface area contributed by atoms with Gasteiger partial charge in [-0.15, -0.1) is 0 Å². The lowest BCUT2D eigenvalue weighted by molar-refractivity contribution is 0.0687. The summed E-state index contributed by atoms with van der Waals surface area (Å²) in [5.74, 6) is -1.08. The molecule has 2 aromatic heterocycles. The highest BCUT2D eigenvalue weighted by Gasteiger charge is 2.15. The fourth-order valence-corrected chi connectivity index (χ4v) is 1.63. The van der Waals surface area contributed by atoms with Crippen molar-refractivity contribution in [3.63, 3.8) is 0 Å². The lowest BCUT2D eigenvalue weighted by Gasteiger charge is -2.03. The van der Waals surface area contributed by atoms with Gasteiger partial charge in [0.15, 0.2) is 11.3 Å². The molecule has 0 aliphatic carbocycles. The molecule has 0 amide bonds. The molecule has 0 spiro atoms. The van der Waals surface area contributed by atoms with Gasteiger partial charge in [-0.1, -0.05) is 13.3 Å². The number of hydrogen-bond donors (Lipinski definition) is 1. The second-order valence-electron chi connectivity index (χ2n) is 3.59. The summed E-state index contributed by atoms with van der Waals surface area (Å²) in [4.78, 5) is 15.4. The molecule has 2 rings (SSSR count). The van der Waals surface area contributed by atoms with Gasteiger partial charge in [0.25, 0.3) is 0 Å². The molecule has 2 aromatic rings. The topological polar surface area (TPSA) is 91.3 Å². The molecule has 0 saturated carbocycles. The smallest absolute Gasteiger partial charge is 0.354 e. The van der Waals surface area contributed by atoms with Crippen LogP contribution in [-0.2, 0) is 6.42 Å². The van der Waals surface area contributed by atoms with Gasteiger partial charge in [0.05, 0.1) is 6.20 Å². The third-order valence-corrected chi connectivity index (χ3v) is 2.37. The van der Waals surface area contributed by atoms with E-state index < -0.39 is 5.97 Å². The SMILES string of the molecule is CCCc1cc(C(=O)O)n2ncc(C#N)c2n1. The van der Waals surface area contributed by atoms with Crippen molar-refractivity contribution in [2.75, 3.05) is 0 Å². The molecule has 0 bridgehead atoms. The van der Waals surface area contributed by atoms with Gasteiger partial charge in [-0.3, -0.25) is 0 Å². The second-order valence-corrected chi connectivity index (χ2v) is 3.59. The molecular weight excluding hydrogens is 220 g/mol. The summed E-state index contributed by atoms with van der Waals surface area (Å²) in [6, 6.07) is 3.44. The van der Waals surface area contributed by atoms with Crippen LogP contribution in [0.15, 0.2) is 12.3 Å². The number of fused-ring (bicyclic) bond motifs is 1. The maximum absolute atomic E-state index is 11.1. The standard InChI is InChI=1S/C11H10N4O2/c1-2-3-8-4-9(11(16)17)15-10(14-8)7(5-12)6-13-15/h4,6H,2-3H2,1H3,(H,16,17). The number of carbonyl (C=O) groups is 1. The number of nitriles is 1. The van der Waals surface area contributed by atoms with Gasteiger partial charge >= 0.3 is 5.97 Å². The van der Waals surface area contributed by atoms with Crippen molar-refractivity contribution >= 4 is 11.6 Å². The Morgan fingerprint density at radius 1 is 1.65 bits per heavy atom. The Kier molecular flexibility index (Phi) is 2.75. The van der Waals surface area contributed by atoms with Crippen LogP contribution in [0.4, 0.5) is 0 Å². The highest BCUT2D eigenvalue weighted by molar-refractivity contribution is 5.86. The molecule has 6 heteroatoms. The van der Waals surface area contributed by atoms with E-state index in [1.54, 1.807) is 0 Å². The zero-order valence-electron chi connectivity index (χ0n) is 9.21. The van der Waals surface area contributed by atoms with Crippen LogP contribution in [0.5, 0.6) is 0 Å². The largest absolute Gasteiger partial charge is 0.477 e. The van der Waals surface area contributed by atoms with Crippen LogP contribution >= 0.6 is 0 Å². The fraction of sp³-hybridized carbons (Fsp3) is 0.273. The monoisotopic (exact) mass is 230 g/mol. The Hall–Kier alpha value is -2.42. The molecule has 0 aliphatic heterocycles. The van der Waals surface area contributed by atoms with Crippen molar-refractivity contribution in [3.05, 3.63) is 29.2 Å². The van der Waals surface area contributed by atoms with E-state index in [1.807, 2.05) is 13.0 Å². The lowest BCUT2D eigenvalue weighted by Crippen LogP contribution is -2.09. The fourth-order valence-electron chi connectivity index (χ4n) is 1.63. The predicted octanol–water partition coefficient (Wildman–Crippen LogP) is 1.25. The Morgan fingerprint density at radius 2 is 2.41 bits per heavy atom. The maximum atomic E-state index is 11.1.